The molecular formula is C11H17N3O2S. The number of sulfone groups is 1. The van der Waals surface area contributed by atoms with E-state index in [4.69, 9.17) is 0 Å². The van der Waals surface area contributed by atoms with Crippen LogP contribution in [-0.2, 0) is 16.4 Å². The Bertz CT molecular complexity index is 509. The lowest BCUT2D eigenvalue weighted by atomic mass is 10.2. The van der Waals surface area contributed by atoms with Gasteiger partial charge < -0.3 is 10.6 Å². The van der Waals surface area contributed by atoms with Crippen molar-refractivity contribution in [2.24, 2.45) is 4.99 Å². The van der Waals surface area contributed by atoms with Crippen LogP contribution in [0.25, 0.3) is 0 Å². The van der Waals surface area contributed by atoms with Crippen molar-refractivity contribution in [3.8, 4) is 0 Å². The lowest BCUT2D eigenvalue weighted by Crippen LogP contribution is -2.34. The van der Waals surface area contributed by atoms with E-state index in [2.05, 4.69) is 15.6 Å². The van der Waals surface area contributed by atoms with Crippen LogP contribution < -0.4 is 10.6 Å². The fourth-order valence-corrected chi connectivity index (χ4v) is 2.04. The smallest absolute Gasteiger partial charge is 0.190 e. The molecule has 0 saturated heterocycles. The predicted octanol–water partition coefficient (Wildman–Crippen LogP) is 0.385. The molecule has 1 aromatic rings. The molecule has 5 nitrogen and oxygen atoms in total. The number of nitrogens with one attached hydrogen (secondary N) is 2. The van der Waals surface area contributed by atoms with Crippen LogP contribution in [0.15, 0.2) is 34.2 Å². The summed E-state index contributed by atoms with van der Waals surface area (Å²) in [4.78, 5) is 4.30. The molecule has 0 aliphatic rings. The minimum atomic E-state index is -3.15. The third-order valence-corrected chi connectivity index (χ3v) is 3.36. The van der Waals surface area contributed by atoms with E-state index < -0.39 is 9.84 Å². The average molecular weight is 255 g/mol. The minimum Gasteiger partial charge on any atom is -0.359 e. The lowest BCUT2D eigenvalue weighted by Gasteiger charge is -2.09. The van der Waals surface area contributed by atoms with Gasteiger partial charge in [0.05, 0.1) is 4.90 Å². The van der Waals surface area contributed by atoms with E-state index in [-0.39, 0.29) is 0 Å². The first kappa shape index (κ1) is 13.5. The predicted molar refractivity (Wildman–Crippen MR) is 68.8 cm³/mol. The monoisotopic (exact) mass is 255 g/mol. The zero-order valence-corrected chi connectivity index (χ0v) is 11.0. The maximum atomic E-state index is 11.4. The second kappa shape index (κ2) is 5.67. The van der Waals surface area contributed by atoms with E-state index in [1.54, 1.807) is 32.3 Å². The van der Waals surface area contributed by atoms with Gasteiger partial charge in [0.25, 0.3) is 0 Å². The SMILES string of the molecule is CN=C(NC)NCc1cccc(S(C)(=O)=O)c1. The minimum absolute atomic E-state index is 0.330. The summed E-state index contributed by atoms with van der Waals surface area (Å²) in [5.74, 6) is 0.662. The molecule has 0 unspecified atom stereocenters. The second-order valence-corrected chi connectivity index (χ2v) is 5.61. The van der Waals surface area contributed by atoms with Crippen LogP contribution in [0.4, 0.5) is 0 Å². The topological polar surface area (TPSA) is 70.6 Å². The molecule has 6 heteroatoms. The lowest BCUT2D eigenvalue weighted by molar-refractivity contribution is 0.601. The Morgan fingerprint density at radius 1 is 1.41 bits per heavy atom. The highest BCUT2D eigenvalue weighted by atomic mass is 32.2. The molecular weight excluding hydrogens is 238 g/mol. The molecule has 0 saturated carbocycles. The van der Waals surface area contributed by atoms with E-state index in [9.17, 15) is 8.42 Å². The Labute approximate surface area is 102 Å². The van der Waals surface area contributed by atoms with Crippen LogP contribution in [0.1, 0.15) is 5.56 Å². The Morgan fingerprint density at radius 2 is 2.12 bits per heavy atom. The fourth-order valence-electron chi connectivity index (χ4n) is 1.35. The van der Waals surface area contributed by atoms with Crippen molar-refractivity contribution >= 4 is 15.8 Å². The number of hydrogen-bond acceptors (Lipinski definition) is 3. The quantitative estimate of drug-likeness (QED) is 0.605. The number of rotatable bonds is 3. The van der Waals surface area contributed by atoms with Crippen molar-refractivity contribution in [2.45, 2.75) is 11.4 Å². The normalized spacial score (nSPS) is 12.3. The van der Waals surface area contributed by atoms with Crippen molar-refractivity contribution in [2.75, 3.05) is 20.4 Å². The third-order valence-electron chi connectivity index (χ3n) is 2.25. The summed E-state index contributed by atoms with van der Waals surface area (Å²) in [6, 6.07) is 6.84. The van der Waals surface area contributed by atoms with Crippen molar-refractivity contribution in [3.05, 3.63) is 29.8 Å². The first-order valence-electron chi connectivity index (χ1n) is 5.15. The molecule has 0 amide bonds. The Hall–Kier alpha value is -1.56. The van der Waals surface area contributed by atoms with Gasteiger partial charge in [-0.1, -0.05) is 12.1 Å². The van der Waals surface area contributed by atoms with E-state index >= 15 is 0 Å². The van der Waals surface area contributed by atoms with Crippen LogP contribution in [0.3, 0.4) is 0 Å². The highest BCUT2D eigenvalue weighted by molar-refractivity contribution is 7.90. The summed E-state index contributed by atoms with van der Waals surface area (Å²) in [6.07, 6.45) is 1.20. The largest absolute Gasteiger partial charge is 0.359 e. The van der Waals surface area contributed by atoms with Crippen LogP contribution >= 0.6 is 0 Å². The highest BCUT2D eigenvalue weighted by Gasteiger charge is 2.07. The number of aliphatic imine (C=N–C) groups is 1. The molecule has 1 rings (SSSR count). The Morgan fingerprint density at radius 3 is 2.65 bits per heavy atom. The average Bonchev–Trinajstić information content (AvgIpc) is 2.30. The van der Waals surface area contributed by atoms with Crippen molar-refractivity contribution in [1.82, 2.24) is 10.6 Å². The summed E-state index contributed by atoms with van der Waals surface area (Å²) in [7, 11) is 0.290. The molecule has 0 spiro atoms. The molecule has 0 heterocycles. The van der Waals surface area contributed by atoms with Crippen LogP contribution in [0.5, 0.6) is 0 Å². The number of guanidine groups is 1. The van der Waals surface area contributed by atoms with Gasteiger partial charge in [-0.3, -0.25) is 4.99 Å². The highest BCUT2D eigenvalue weighted by Crippen LogP contribution is 2.10. The van der Waals surface area contributed by atoms with Gasteiger partial charge in [-0.2, -0.15) is 0 Å². The number of nitrogens with zero attached hydrogens (tertiary/aromatic N) is 1. The van der Waals surface area contributed by atoms with Crippen LogP contribution in [-0.4, -0.2) is 34.7 Å². The molecule has 0 bridgehead atoms. The van der Waals surface area contributed by atoms with Gasteiger partial charge in [0, 0.05) is 26.9 Å². The van der Waals surface area contributed by atoms with E-state index in [0.29, 0.717) is 17.4 Å². The molecule has 0 atom stereocenters. The maximum Gasteiger partial charge on any atom is 0.190 e. The zero-order valence-electron chi connectivity index (χ0n) is 10.2. The second-order valence-electron chi connectivity index (χ2n) is 3.60. The van der Waals surface area contributed by atoms with Gasteiger partial charge in [0.15, 0.2) is 15.8 Å². The van der Waals surface area contributed by atoms with Crippen molar-refractivity contribution < 1.29 is 8.42 Å². The zero-order chi connectivity index (χ0) is 12.9. The number of hydrogen-bond donors (Lipinski definition) is 2. The fraction of sp³-hybridized carbons (Fsp3) is 0.364. The first-order chi connectivity index (χ1) is 7.97. The van der Waals surface area contributed by atoms with Gasteiger partial charge in [0.2, 0.25) is 0 Å². The van der Waals surface area contributed by atoms with Gasteiger partial charge in [-0.05, 0) is 17.7 Å². The van der Waals surface area contributed by atoms with E-state index in [1.807, 2.05) is 6.07 Å². The Balaban J connectivity index is 2.80. The molecule has 0 fully saturated rings. The summed E-state index contributed by atoms with van der Waals surface area (Å²) in [5, 5.41) is 5.95. The van der Waals surface area contributed by atoms with Crippen LogP contribution in [0.2, 0.25) is 0 Å². The summed E-state index contributed by atoms with van der Waals surface area (Å²) < 4.78 is 22.8. The molecule has 0 aliphatic heterocycles. The van der Waals surface area contributed by atoms with Crippen molar-refractivity contribution in [3.63, 3.8) is 0 Å². The van der Waals surface area contributed by atoms with E-state index in [0.717, 1.165) is 5.56 Å². The van der Waals surface area contributed by atoms with Gasteiger partial charge >= 0.3 is 0 Å². The van der Waals surface area contributed by atoms with E-state index in [1.165, 1.54) is 6.26 Å². The summed E-state index contributed by atoms with van der Waals surface area (Å²) in [6.45, 7) is 0.525. The summed E-state index contributed by atoms with van der Waals surface area (Å²) >= 11 is 0. The molecule has 2 N–H and O–H groups in total. The first-order valence-corrected chi connectivity index (χ1v) is 7.04. The molecule has 0 radical (unpaired) electrons. The maximum absolute atomic E-state index is 11.4. The van der Waals surface area contributed by atoms with Gasteiger partial charge in [-0.25, -0.2) is 8.42 Å². The van der Waals surface area contributed by atoms with Gasteiger partial charge in [-0.15, -0.1) is 0 Å². The van der Waals surface area contributed by atoms with Gasteiger partial charge in [0.1, 0.15) is 0 Å². The molecule has 17 heavy (non-hydrogen) atoms. The molecule has 1 aromatic carbocycles. The number of benzene rings is 1. The summed E-state index contributed by atoms with van der Waals surface area (Å²) in [5.41, 5.74) is 0.893. The standard InChI is InChI=1S/C11H17N3O2S/c1-12-11(13-2)14-8-9-5-4-6-10(7-9)17(3,15)16/h4-7H,8H2,1-3H3,(H2,12,13,14). The van der Waals surface area contributed by atoms with Crippen molar-refractivity contribution in [1.29, 1.82) is 0 Å². The molecule has 0 aliphatic carbocycles. The molecule has 0 aromatic heterocycles. The van der Waals surface area contributed by atoms with Crippen LogP contribution in [0, 0.1) is 0 Å². The Kier molecular flexibility index (Phi) is 4.51. The molecule has 94 valence electrons. The third kappa shape index (κ3) is 4.07.